The molecule has 1 aromatic heterocycles. The van der Waals surface area contributed by atoms with E-state index in [0.29, 0.717) is 5.69 Å². The van der Waals surface area contributed by atoms with Crippen molar-refractivity contribution < 1.29 is 18.4 Å². The Labute approximate surface area is 155 Å². The molecule has 3 rings (SSSR count). The average molecular weight is 378 g/mol. The number of pyridine rings is 1. The molecule has 27 heavy (non-hydrogen) atoms. The lowest BCUT2D eigenvalue weighted by Crippen LogP contribution is -2.38. The number of alkyl halides is 2. The van der Waals surface area contributed by atoms with E-state index in [0.717, 1.165) is 38.2 Å². The van der Waals surface area contributed by atoms with Gasteiger partial charge in [-0.1, -0.05) is 6.07 Å². The number of aromatic nitrogens is 1. The highest BCUT2D eigenvalue weighted by molar-refractivity contribution is 5.58. The summed E-state index contributed by atoms with van der Waals surface area (Å²) < 4.78 is 29.3. The highest BCUT2D eigenvalue weighted by atomic mass is 19.3. The van der Waals surface area contributed by atoms with Crippen molar-refractivity contribution in [2.75, 3.05) is 18.4 Å². The molecule has 1 aliphatic heterocycles. The lowest BCUT2D eigenvalue weighted by Gasteiger charge is -2.32. The standard InChI is InChI=1S/C18H20F2N4O3/c19-18(20)27-17-11-14(4-5-16(17)24(25)26)22-13-6-9-23(10-7-13)12-15-3-1-2-8-21-15/h1-5,8,11,13,18,22H,6-7,9-10,12H2. The van der Waals surface area contributed by atoms with Gasteiger partial charge in [0.05, 0.1) is 10.6 Å². The van der Waals surface area contributed by atoms with Crippen LogP contribution in [-0.2, 0) is 6.54 Å². The predicted octanol–water partition coefficient (Wildman–Crippen LogP) is 3.67. The summed E-state index contributed by atoms with van der Waals surface area (Å²) in [6, 6.07) is 9.94. The first-order chi connectivity index (χ1) is 13.0. The number of hydrogen-bond acceptors (Lipinski definition) is 6. The number of benzene rings is 1. The highest BCUT2D eigenvalue weighted by Gasteiger charge is 2.22. The summed E-state index contributed by atoms with van der Waals surface area (Å²) in [7, 11) is 0. The van der Waals surface area contributed by atoms with Crippen LogP contribution in [0, 0.1) is 10.1 Å². The summed E-state index contributed by atoms with van der Waals surface area (Å²) in [6.07, 6.45) is 3.51. The minimum Gasteiger partial charge on any atom is -0.427 e. The molecule has 0 aliphatic carbocycles. The molecule has 0 spiro atoms. The lowest BCUT2D eigenvalue weighted by molar-refractivity contribution is -0.386. The third-order valence-electron chi connectivity index (χ3n) is 4.44. The summed E-state index contributed by atoms with van der Waals surface area (Å²) >= 11 is 0. The van der Waals surface area contributed by atoms with E-state index in [-0.39, 0.29) is 6.04 Å². The van der Waals surface area contributed by atoms with Crippen molar-refractivity contribution in [2.45, 2.75) is 32.0 Å². The fourth-order valence-corrected chi connectivity index (χ4v) is 3.14. The third kappa shape index (κ3) is 5.33. The topological polar surface area (TPSA) is 80.5 Å². The molecule has 7 nitrogen and oxygen atoms in total. The van der Waals surface area contributed by atoms with Gasteiger partial charge in [0.1, 0.15) is 0 Å². The van der Waals surface area contributed by atoms with E-state index in [4.69, 9.17) is 0 Å². The second-order valence-electron chi connectivity index (χ2n) is 6.33. The Morgan fingerprint density at radius 3 is 2.70 bits per heavy atom. The summed E-state index contributed by atoms with van der Waals surface area (Å²) in [6.45, 7) is -0.575. The molecule has 0 atom stereocenters. The van der Waals surface area contributed by atoms with Gasteiger partial charge >= 0.3 is 12.3 Å². The van der Waals surface area contributed by atoms with Crippen molar-refractivity contribution in [2.24, 2.45) is 0 Å². The quantitative estimate of drug-likeness (QED) is 0.585. The molecule has 0 amide bonds. The molecule has 1 aliphatic rings. The molecule has 1 fully saturated rings. The van der Waals surface area contributed by atoms with Gasteiger partial charge in [-0.15, -0.1) is 0 Å². The largest absolute Gasteiger partial charge is 0.427 e. The SMILES string of the molecule is O=[N+]([O-])c1ccc(NC2CCN(Cc3ccccn3)CC2)cc1OC(F)F. The van der Waals surface area contributed by atoms with Crippen molar-refractivity contribution in [3.63, 3.8) is 0 Å². The molecule has 0 unspecified atom stereocenters. The summed E-state index contributed by atoms with van der Waals surface area (Å²) in [5.74, 6) is -0.437. The van der Waals surface area contributed by atoms with E-state index in [1.54, 1.807) is 6.20 Å². The average Bonchev–Trinajstić information content (AvgIpc) is 2.64. The fraction of sp³-hybridized carbons (Fsp3) is 0.389. The van der Waals surface area contributed by atoms with Crippen molar-refractivity contribution in [3.05, 3.63) is 58.4 Å². The zero-order valence-corrected chi connectivity index (χ0v) is 14.6. The number of rotatable bonds is 7. The second-order valence-corrected chi connectivity index (χ2v) is 6.33. The van der Waals surface area contributed by atoms with E-state index < -0.39 is 23.0 Å². The van der Waals surface area contributed by atoms with Crippen LogP contribution in [0.25, 0.3) is 0 Å². The van der Waals surface area contributed by atoms with Crippen LogP contribution in [-0.4, -0.2) is 40.6 Å². The normalized spacial score (nSPS) is 15.7. The summed E-state index contributed by atoms with van der Waals surface area (Å²) in [4.78, 5) is 16.8. The number of nitrogens with zero attached hydrogens (tertiary/aromatic N) is 3. The number of hydrogen-bond donors (Lipinski definition) is 1. The first-order valence-corrected chi connectivity index (χ1v) is 8.63. The van der Waals surface area contributed by atoms with Gasteiger partial charge in [-0.25, -0.2) is 0 Å². The van der Waals surface area contributed by atoms with Gasteiger partial charge in [0.2, 0.25) is 5.75 Å². The Kier molecular flexibility index (Phi) is 6.12. The monoisotopic (exact) mass is 378 g/mol. The highest BCUT2D eigenvalue weighted by Crippen LogP contribution is 2.32. The molecule has 1 N–H and O–H groups in total. The van der Waals surface area contributed by atoms with Gasteiger partial charge in [0.15, 0.2) is 0 Å². The summed E-state index contributed by atoms with van der Waals surface area (Å²) in [5, 5.41) is 14.2. The van der Waals surface area contributed by atoms with E-state index >= 15 is 0 Å². The van der Waals surface area contributed by atoms with Crippen molar-refractivity contribution >= 4 is 11.4 Å². The minimum absolute atomic E-state index is 0.158. The summed E-state index contributed by atoms with van der Waals surface area (Å²) in [5.41, 5.74) is 1.07. The zero-order valence-electron chi connectivity index (χ0n) is 14.6. The predicted molar refractivity (Wildman–Crippen MR) is 95.9 cm³/mol. The lowest BCUT2D eigenvalue weighted by atomic mass is 10.0. The van der Waals surface area contributed by atoms with Crippen LogP contribution in [0.4, 0.5) is 20.2 Å². The maximum atomic E-state index is 12.5. The Morgan fingerprint density at radius 2 is 2.07 bits per heavy atom. The Bertz CT molecular complexity index is 768. The minimum atomic E-state index is -3.12. The second kappa shape index (κ2) is 8.72. The van der Waals surface area contributed by atoms with Crippen LogP contribution >= 0.6 is 0 Å². The molecule has 9 heteroatoms. The molecule has 2 aromatic rings. The number of ether oxygens (including phenoxy) is 1. The molecule has 0 bridgehead atoms. The molecule has 0 radical (unpaired) electrons. The van der Waals surface area contributed by atoms with Gasteiger partial charge < -0.3 is 10.1 Å². The van der Waals surface area contributed by atoms with Gasteiger partial charge in [0.25, 0.3) is 0 Å². The number of nitrogens with one attached hydrogen (secondary N) is 1. The Balaban J connectivity index is 1.57. The molecule has 0 saturated carbocycles. The van der Waals surface area contributed by atoms with E-state index in [2.05, 4.69) is 19.9 Å². The Morgan fingerprint density at radius 1 is 1.30 bits per heavy atom. The van der Waals surface area contributed by atoms with Crippen molar-refractivity contribution in [1.29, 1.82) is 0 Å². The van der Waals surface area contributed by atoms with Crippen LogP contribution in [0.5, 0.6) is 5.75 Å². The Hall–Kier alpha value is -2.81. The van der Waals surface area contributed by atoms with E-state index in [1.807, 2.05) is 18.2 Å². The molecular formula is C18H20F2N4O3. The first-order valence-electron chi connectivity index (χ1n) is 8.63. The molecule has 1 aromatic carbocycles. The van der Waals surface area contributed by atoms with Gasteiger partial charge in [-0.3, -0.25) is 20.0 Å². The maximum Gasteiger partial charge on any atom is 0.387 e. The molecule has 144 valence electrons. The van der Waals surface area contributed by atoms with Crippen LogP contribution in [0.3, 0.4) is 0 Å². The van der Waals surface area contributed by atoms with Gasteiger partial charge in [-0.05, 0) is 31.0 Å². The van der Waals surface area contributed by atoms with Gasteiger partial charge in [0, 0.05) is 49.7 Å². The van der Waals surface area contributed by atoms with Crippen LogP contribution in [0.15, 0.2) is 42.6 Å². The van der Waals surface area contributed by atoms with Crippen molar-refractivity contribution in [3.8, 4) is 5.75 Å². The number of nitro benzene ring substituents is 1. The first kappa shape index (κ1) is 19.0. The molecule has 1 saturated heterocycles. The zero-order chi connectivity index (χ0) is 19.2. The number of anilines is 1. The fourth-order valence-electron chi connectivity index (χ4n) is 3.14. The smallest absolute Gasteiger partial charge is 0.387 e. The third-order valence-corrected chi connectivity index (χ3v) is 4.44. The van der Waals surface area contributed by atoms with Crippen LogP contribution in [0.2, 0.25) is 0 Å². The number of likely N-dealkylation sites (tertiary alicyclic amines) is 1. The number of halogens is 2. The molecular weight excluding hydrogens is 358 g/mol. The number of piperidine rings is 1. The van der Waals surface area contributed by atoms with E-state index in [9.17, 15) is 18.9 Å². The molecule has 2 heterocycles. The number of nitro groups is 1. The van der Waals surface area contributed by atoms with Gasteiger partial charge in [-0.2, -0.15) is 8.78 Å². The van der Waals surface area contributed by atoms with E-state index in [1.165, 1.54) is 18.2 Å². The van der Waals surface area contributed by atoms with Crippen molar-refractivity contribution in [1.82, 2.24) is 9.88 Å². The van der Waals surface area contributed by atoms with Crippen LogP contribution < -0.4 is 10.1 Å². The maximum absolute atomic E-state index is 12.5. The van der Waals surface area contributed by atoms with Crippen LogP contribution in [0.1, 0.15) is 18.5 Å².